The third-order valence-electron chi connectivity index (χ3n) is 4.02. The summed E-state index contributed by atoms with van der Waals surface area (Å²) in [6, 6.07) is 13.8. The summed E-state index contributed by atoms with van der Waals surface area (Å²) in [5, 5.41) is 3.41. The largest absolute Gasteiger partial charge is 0.494 e. The van der Waals surface area contributed by atoms with Gasteiger partial charge < -0.3 is 10.1 Å². The molecule has 142 valence electrons. The first kappa shape index (κ1) is 20.5. The van der Waals surface area contributed by atoms with E-state index in [4.69, 9.17) is 4.74 Å². The van der Waals surface area contributed by atoms with Crippen molar-refractivity contribution in [3.63, 3.8) is 0 Å². The lowest BCUT2D eigenvalue weighted by Gasteiger charge is -2.20. The second-order valence-electron chi connectivity index (χ2n) is 7.31. The minimum Gasteiger partial charge on any atom is -0.494 e. The highest BCUT2D eigenvalue weighted by molar-refractivity contribution is 7.91. The maximum absolute atomic E-state index is 12.9. The molecule has 0 unspecified atom stereocenters. The van der Waals surface area contributed by atoms with Crippen LogP contribution in [0.5, 0.6) is 5.75 Å². The van der Waals surface area contributed by atoms with Gasteiger partial charge in [-0.1, -0.05) is 25.1 Å². The molecule has 0 heterocycles. The summed E-state index contributed by atoms with van der Waals surface area (Å²) in [7, 11) is -3.51. The molecule has 0 amide bonds. The van der Waals surface area contributed by atoms with Crippen molar-refractivity contribution in [2.45, 2.75) is 55.9 Å². The first-order chi connectivity index (χ1) is 12.2. The van der Waals surface area contributed by atoms with E-state index in [1.165, 1.54) is 0 Å². The van der Waals surface area contributed by atoms with Gasteiger partial charge in [-0.2, -0.15) is 0 Å². The molecule has 2 aromatic carbocycles. The maximum Gasteiger partial charge on any atom is 0.206 e. The number of rotatable bonds is 8. The molecule has 0 aliphatic carbocycles. The number of hydrogen-bond donors (Lipinski definition) is 1. The number of hydrogen-bond acceptors (Lipinski definition) is 4. The van der Waals surface area contributed by atoms with Crippen molar-refractivity contribution in [2.75, 3.05) is 13.2 Å². The van der Waals surface area contributed by atoms with Crippen molar-refractivity contribution >= 4 is 9.84 Å². The Labute approximate surface area is 157 Å². The van der Waals surface area contributed by atoms with Crippen LogP contribution < -0.4 is 10.1 Å². The van der Waals surface area contributed by atoms with Crippen molar-refractivity contribution in [3.8, 4) is 5.75 Å². The zero-order valence-electron chi connectivity index (χ0n) is 16.1. The molecular formula is C21H29NO3S. The Hall–Kier alpha value is -1.85. The Kier molecular flexibility index (Phi) is 6.84. The van der Waals surface area contributed by atoms with E-state index in [1.807, 2.05) is 19.1 Å². The lowest BCUT2D eigenvalue weighted by atomic mass is 10.1. The monoisotopic (exact) mass is 375 g/mol. The van der Waals surface area contributed by atoms with Gasteiger partial charge in [0.15, 0.2) is 0 Å². The molecular weight excluding hydrogens is 346 g/mol. The topological polar surface area (TPSA) is 55.4 Å². The van der Waals surface area contributed by atoms with Crippen molar-refractivity contribution in [2.24, 2.45) is 0 Å². The highest BCUT2D eigenvalue weighted by Crippen LogP contribution is 2.26. The molecule has 0 saturated carbocycles. The maximum atomic E-state index is 12.9. The molecule has 26 heavy (non-hydrogen) atoms. The van der Waals surface area contributed by atoms with Crippen LogP contribution in [0.4, 0.5) is 0 Å². The molecule has 5 heteroatoms. The fraction of sp³-hybridized carbons (Fsp3) is 0.429. The van der Waals surface area contributed by atoms with Gasteiger partial charge in [-0.15, -0.1) is 0 Å². The molecule has 1 N–H and O–H groups in total. The third kappa shape index (κ3) is 5.58. The Bertz CT molecular complexity index is 806. The SMILES string of the molecule is CCc1ccccc1S(=O)(=O)c1ccc(OCCCNC(C)(C)C)cc1. The molecule has 0 aliphatic heterocycles. The second-order valence-corrected chi connectivity index (χ2v) is 9.23. The molecule has 0 spiro atoms. The number of nitrogens with one attached hydrogen (secondary N) is 1. The van der Waals surface area contributed by atoms with E-state index in [0.29, 0.717) is 28.6 Å². The van der Waals surface area contributed by atoms with Crippen LogP contribution in [0.1, 0.15) is 39.7 Å². The predicted octanol–water partition coefficient (Wildman–Crippen LogP) is 4.24. The van der Waals surface area contributed by atoms with Gasteiger partial charge in [-0.3, -0.25) is 0 Å². The van der Waals surface area contributed by atoms with E-state index >= 15 is 0 Å². The molecule has 0 bridgehead atoms. The van der Waals surface area contributed by atoms with Crippen molar-refractivity contribution < 1.29 is 13.2 Å². The fourth-order valence-corrected chi connectivity index (χ4v) is 4.19. The Morgan fingerprint density at radius 3 is 2.27 bits per heavy atom. The third-order valence-corrected chi connectivity index (χ3v) is 5.89. The molecule has 2 rings (SSSR count). The van der Waals surface area contributed by atoms with Crippen LogP contribution in [-0.2, 0) is 16.3 Å². The summed E-state index contributed by atoms with van der Waals surface area (Å²) in [6.07, 6.45) is 1.57. The zero-order chi connectivity index (χ0) is 19.2. The van der Waals surface area contributed by atoms with Crippen LogP contribution in [-0.4, -0.2) is 27.1 Å². The van der Waals surface area contributed by atoms with E-state index in [9.17, 15) is 8.42 Å². The molecule has 0 atom stereocenters. The van der Waals surface area contributed by atoms with Gasteiger partial charge in [-0.05, 0) is 76.1 Å². The lowest BCUT2D eigenvalue weighted by molar-refractivity contribution is 0.298. The normalized spacial score (nSPS) is 12.2. The van der Waals surface area contributed by atoms with Crippen LogP contribution in [0.25, 0.3) is 0 Å². The summed E-state index contributed by atoms with van der Waals surface area (Å²) in [4.78, 5) is 0.671. The van der Waals surface area contributed by atoms with Gasteiger partial charge in [0.05, 0.1) is 16.4 Å². The Morgan fingerprint density at radius 1 is 1.00 bits per heavy atom. The summed E-state index contributed by atoms with van der Waals surface area (Å²) < 4.78 is 31.4. The summed E-state index contributed by atoms with van der Waals surface area (Å²) in [5.74, 6) is 0.684. The van der Waals surface area contributed by atoms with Crippen LogP contribution in [0.15, 0.2) is 58.3 Å². The molecule has 2 aromatic rings. The Morgan fingerprint density at radius 2 is 1.65 bits per heavy atom. The van der Waals surface area contributed by atoms with Crippen molar-refractivity contribution in [1.82, 2.24) is 5.32 Å². The van der Waals surface area contributed by atoms with E-state index in [1.54, 1.807) is 36.4 Å². The number of sulfone groups is 1. The lowest BCUT2D eigenvalue weighted by Crippen LogP contribution is -2.36. The average molecular weight is 376 g/mol. The van der Waals surface area contributed by atoms with Crippen molar-refractivity contribution in [3.05, 3.63) is 54.1 Å². The quantitative estimate of drug-likeness (QED) is 0.701. The average Bonchev–Trinajstić information content (AvgIpc) is 2.61. The van der Waals surface area contributed by atoms with Gasteiger partial charge in [-0.25, -0.2) is 8.42 Å². The fourth-order valence-electron chi connectivity index (χ4n) is 2.63. The number of ether oxygens (including phenoxy) is 1. The van der Waals surface area contributed by atoms with Crippen LogP contribution >= 0.6 is 0 Å². The van der Waals surface area contributed by atoms with Gasteiger partial charge in [0.2, 0.25) is 9.84 Å². The van der Waals surface area contributed by atoms with Crippen LogP contribution in [0, 0.1) is 0 Å². The second kappa shape index (κ2) is 8.69. The van der Waals surface area contributed by atoms with Gasteiger partial charge in [0.25, 0.3) is 0 Å². The van der Waals surface area contributed by atoms with Gasteiger partial charge in [0, 0.05) is 5.54 Å². The minimum atomic E-state index is -3.51. The van der Waals surface area contributed by atoms with Crippen LogP contribution in [0.3, 0.4) is 0 Å². The molecule has 4 nitrogen and oxygen atoms in total. The van der Waals surface area contributed by atoms with Crippen LogP contribution in [0.2, 0.25) is 0 Å². The minimum absolute atomic E-state index is 0.102. The molecule has 0 radical (unpaired) electrons. The smallest absolute Gasteiger partial charge is 0.206 e. The van der Waals surface area contributed by atoms with Crippen molar-refractivity contribution in [1.29, 1.82) is 0 Å². The first-order valence-corrected chi connectivity index (χ1v) is 10.5. The molecule has 0 aliphatic rings. The predicted molar refractivity (Wildman–Crippen MR) is 106 cm³/mol. The summed E-state index contributed by atoms with van der Waals surface area (Å²) in [5.41, 5.74) is 0.935. The van der Waals surface area contributed by atoms with E-state index in [0.717, 1.165) is 18.5 Å². The standard InChI is InChI=1S/C21H29NO3S/c1-5-17-9-6-7-10-20(17)26(23,24)19-13-11-18(12-14-19)25-16-8-15-22-21(2,3)4/h6-7,9-14,22H,5,8,15-16H2,1-4H3. The van der Waals surface area contributed by atoms with E-state index in [2.05, 4.69) is 26.1 Å². The zero-order valence-corrected chi connectivity index (χ0v) is 16.9. The number of aryl methyl sites for hydroxylation is 1. The van der Waals surface area contributed by atoms with E-state index < -0.39 is 9.84 Å². The molecule has 0 aromatic heterocycles. The Balaban J connectivity index is 2.00. The highest BCUT2D eigenvalue weighted by atomic mass is 32.2. The van der Waals surface area contributed by atoms with Gasteiger partial charge >= 0.3 is 0 Å². The highest BCUT2D eigenvalue weighted by Gasteiger charge is 2.20. The summed E-state index contributed by atoms with van der Waals surface area (Å²) in [6.45, 7) is 9.81. The summed E-state index contributed by atoms with van der Waals surface area (Å²) >= 11 is 0. The molecule has 0 fully saturated rings. The molecule has 0 saturated heterocycles. The van der Waals surface area contributed by atoms with E-state index in [-0.39, 0.29) is 5.54 Å². The number of benzene rings is 2. The first-order valence-electron chi connectivity index (χ1n) is 9.05. The van der Waals surface area contributed by atoms with Gasteiger partial charge in [0.1, 0.15) is 5.75 Å².